The molecule has 3 nitrogen and oxygen atoms in total. The van der Waals surface area contributed by atoms with Gasteiger partial charge in [0.15, 0.2) is 0 Å². The minimum absolute atomic E-state index is 0.322. The Kier molecular flexibility index (Phi) is 6.08. The average Bonchev–Trinajstić information content (AvgIpc) is 2.40. The molecule has 0 spiro atoms. The molecule has 90 valence electrons. The van der Waals surface area contributed by atoms with E-state index in [1.165, 1.54) is 7.11 Å². The third kappa shape index (κ3) is 5.34. The molecule has 0 fully saturated rings. The van der Waals surface area contributed by atoms with Gasteiger partial charge in [-0.25, -0.2) is 0 Å². The average molecular weight is 250 g/mol. The normalized spacial score (nSPS) is 11.1. The number of phenols is 1. The Bertz CT molecular complexity index is 443. The van der Waals surface area contributed by atoms with Crippen molar-refractivity contribution in [2.24, 2.45) is 0 Å². The molecule has 1 unspecified atom stereocenters. The summed E-state index contributed by atoms with van der Waals surface area (Å²) in [6.45, 7) is 0. The first-order valence-electron chi connectivity index (χ1n) is 5.11. The van der Waals surface area contributed by atoms with Crippen LogP contribution in [0.5, 0.6) is 5.75 Å². The molecule has 0 aliphatic rings. The maximum absolute atomic E-state index is 11.0. The molecular weight excluding hydrogens is 235 g/mol. The quantitative estimate of drug-likeness (QED) is 0.834. The van der Waals surface area contributed by atoms with E-state index in [1.54, 1.807) is 36.4 Å². The highest BCUT2D eigenvalue weighted by Gasteiger charge is 1.97. The van der Waals surface area contributed by atoms with Gasteiger partial charge in [-0.05, 0) is 24.3 Å². The Morgan fingerprint density at radius 2 is 1.41 bits per heavy atom. The molecule has 0 aromatic heterocycles. The first-order valence-corrected chi connectivity index (χ1v) is 6.43. The standard InChI is InChI=1S/C7H9O2P.C6H6O/c1-9-10(8)7-5-3-2-4-6-7;7-6-4-2-1-3-5-6/h2-6,10H,1H3;1-5,7H. The van der Waals surface area contributed by atoms with Crippen LogP contribution in [-0.2, 0) is 9.09 Å². The lowest BCUT2D eigenvalue weighted by Crippen LogP contribution is -1.93. The van der Waals surface area contributed by atoms with Gasteiger partial charge in [0, 0.05) is 12.4 Å². The molecule has 0 heterocycles. The Balaban J connectivity index is 0.000000181. The van der Waals surface area contributed by atoms with Crippen LogP contribution in [0.2, 0.25) is 0 Å². The van der Waals surface area contributed by atoms with Gasteiger partial charge in [-0.3, -0.25) is 4.57 Å². The number of para-hydroxylation sites is 1. The zero-order valence-corrected chi connectivity index (χ0v) is 10.5. The van der Waals surface area contributed by atoms with Crippen LogP contribution >= 0.6 is 8.03 Å². The van der Waals surface area contributed by atoms with Gasteiger partial charge in [0.1, 0.15) is 5.75 Å². The van der Waals surface area contributed by atoms with Crippen molar-refractivity contribution in [3.05, 3.63) is 60.7 Å². The minimum Gasteiger partial charge on any atom is -0.508 e. The maximum atomic E-state index is 11.0. The highest BCUT2D eigenvalue weighted by molar-refractivity contribution is 7.48. The predicted molar refractivity (Wildman–Crippen MR) is 70.2 cm³/mol. The largest absolute Gasteiger partial charge is 0.508 e. The highest BCUT2D eigenvalue weighted by Crippen LogP contribution is 2.18. The van der Waals surface area contributed by atoms with E-state index in [1.807, 2.05) is 24.3 Å². The molecule has 2 aromatic carbocycles. The van der Waals surface area contributed by atoms with Crippen LogP contribution in [0.4, 0.5) is 0 Å². The fourth-order valence-corrected chi connectivity index (χ4v) is 1.82. The number of aromatic hydroxyl groups is 1. The third-order valence-electron chi connectivity index (χ3n) is 1.95. The Morgan fingerprint density at radius 1 is 0.941 bits per heavy atom. The fourth-order valence-electron chi connectivity index (χ4n) is 1.12. The second-order valence-corrected chi connectivity index (χ2v) is 4.75. The zero-order valence-electron chi connectivity index (χ0n) is 9.54. The Labute approximate surface area is 102 Å². The number of rotatable bonds is 2. The molecular formula is C13H15O3P. The van der Waals surface area contributed by atoms with E-state index in [-0.39, 0.29) is 0 Å². The van der Waals surface area contributed by atoms with Crippen LogP contribution in [0.25, 0.3) is 0 Å². The summed E-state index contributed by atoms with van der Waals surface area (Å²) in [5.41, 5.74) is 0. The number of hydrogen-bond acceptors (Lipinski definition) is 3. The van der Waals surface area contributed by atoms with Crippen LogP contribution in [-0.4, -0.2) is 12.2 Å². The molecule has 2 rings (SSSR count). The summed E-state index contributed by atoms with van der Waals surface area (Å²) in [6, 6.07) is 17.9. The smallest absolute Gasteiger partial charge is 0.220 e. The molecule has 1 atom stereocenters. The van der Waals surface area contributed by atoms with Gasteiger partial charge in [0.25, 0.3) is 0 Å². The lowest BCUT2D eigenvalue weighted by atomic mass is 10.3. The van der Waals surface area contributed by atoms with E-state index in [0.717, 1.165) is 5.30 Å². The molecule has 0 saturated heterocycles. The molecule has 0 radical (unpaired) electrons. The van der Waals surface area contributed by atoms with Crippen molar-refractivity contribution in [2.45, 2.75) is 0 Å². The molecule has 4 heteroatoms. The monoisotopic (exact) mass is 250 g/mol. The van der Waals surface area contributed by atoms with Crippen molar-refractivity contribution >= 4 is 13.3 Å². The van der Waals surface area contributed by atoms with Gasteiger partial charge >= 0.3 is 0 Å². The van der Waals surface area contributed by atoms with Crippen LogP contribution in [0.1, 0.15) is 0 Å². The van der Waals surface area contributed by atoms with Crippen molar-refractivity contribution in [2.75, 3.05) is 7.11 Å². The highest BCUT2D eigenvalue weighted by atomic mass is 31.1. The summed E-state index contributed by atoms with van der Waals surface area (Å²) in [7, 11) is -0.504. The number of hydrogen-bond donors (Lipinski definition) is 1. The Hall–Kier alpha value is -1.57. The van der Waals surface area contributed by atoms with Crippen LogP contribution in [0.15, 0.2) is 60.7 Å². The summed E-state index contributed by atoms with van der Waals surface area (Å²) < 4.78 is 15.7. The predicted octanol–water partition coefficient (Wildman–Crippen LogP) is 2.83. The van der Waals surface area contributed by atoms with E-state index >= 15 is 0 Å². The lowest BCUT2D eigenvalue weighted by molar-refractivity contribution is 0.423. The second kappa shape index (κ2) is 7.66. The number of benzene rings is 2. The van der Waals surface area contributed by atoms with Crippen molar-refractivity contribution in [3.63, 3.8) is 0 Å². The van der Waals surface area contributed by atoms with E-state index in [9.17, 15) is 4.57 Å². The molecule has 0 bridgehead atoms. The maximum Gasteiger partial charge on any atom is 0.220 e. The topological polar surface area (TPSA) is 46.5 Å². The number of phenolic OH excluding ortho intramolecular Hbond substituents is 1. The van der Waals surface area contributed by atoms with Crippen molar-refractivity contribution in [3.8, 4) is 5.75 Å². The van der Waals surface area contributed by atoms with Crippen molar-refractivity contribution in [1.82, 2.24) is 0 Å². The van der Waals surface area contributed by atoms with Crippen molar-refractivity contribution < 1.29 is 14.2 Å². The first-order chi connectivity index (χ1) is 8.24. The molecule has 0 aliphatic heterocycles. The van der Waals surface area contributed by atoms with Gasteiger partial charge in [-0.1, -0.05) is 36.4 Å². The van der Waals surface area contributed by atoms with E-state index in [4.69, 9.17) is 5.11 Å². The molecule has 0 saturated carbocycles. The van der Waals surface area contributed by atoms with Gasteiger partial charge in [0.2, 0.25) is 8.03 Å². The van der Waals surface area contributed by atoms with E-state index < -0.39 is 8.03 Å². The summed E-state index contributed by atoms with van der Waals surface area (Å²) in [5, 5.41) is 9.41. The SMILES string of the molecule is CO[PH](=O)c1ccccc1.Oc1ccccc1. The van der Waals surface area contributed by atoms with Crippen LogP contribution in [0.3, 0.4) is 0 Å². The summed E-state index contributed by atoms with van der Waals surface area (Å²) in [5.74, 6) is 0.322. The van der Waals surface area contributed by atoms with Crippen molar-refractivity contribution in [1.29, 1.82) is 0 Å². The second-order valence-electron chi connectivity index (χ2n) is 3.19. The van der Waals surface area contributed by atoms with Gasteiger partial charge < -0.3 is 9.63 Å². The van der Waals surface area contributed by atoms with Gasteiger partial charge in [-0.15, -0.1) is 0 Å². The first kappa shape index (κ1) is 13.5. The van der Waals surface area contributed by atoms with Crippen LogP contribution < -0.4 is 5.30 Å². The summed E-state index contributed by atoms with van der Waals surface area (Å²) in [6.07, 6.45) is 0. The molecule has 0 aliphatic carbocycles. The van der Waals surface area contributed by atoms with E-state index in [2.05, 4.69) is 4.52 Å². The fraction of sp³-hybridized carbons (Fsp3) is 0.0769. The molecule has 0 amide bonds. The Morgan fingerprint density at radius 3 is 1.76 bits per heavy atom. The molecule has 2 aromatic rings. The molecule has 1 N–H and O–H groups in total. The summed E-state index contributed by atoms with van der Waals surface area (Å²) in [4.78, 5) is 0. The third-order valence-corrected chi connectivity index (χ3v) is 3.13. The van der Waals surface area contributed by atoms with Gasteiger partial charge in [-0.2, -0.15) is 0 Å². The lowest BCUT2D eigenvalue weighted by Gasteiger charge is -1.96. The van der Waals surface area contributed by atoms with E-state index in [0.29, 0.717) is 5.75 Å². The zero-order chi connectivity index (χ0) is 12.5. The molecule has 17 heavy (non-hydrogen) atoms. The van der Waals surface area contributed by atoms with Crippen LogP contribution in [0, 0.1) is 0 Å². The van der Waals surface area contributed by atoms with Gasteiger partial charge in [0.05, 0.1) is 0 Å². The summed E-state index contributed by atoms with van der Waals surface area (Å²) >= 11 is 0. The minimum atomic E-state index is -1.96.